The zero-order valence-corrected chi connectivity index (χ0v) is 15.6. The maximum Gasteiger partial charge on any atom is 0.240 e. The Morgan fingerprint density at radius 1 is 1.15 bits per heavy atom. The van der Waals surface area contributed by atoms with Gasteiger partial charge in [0.05, 0.1) is 12.0 Å². The van der Waals surface area contributed by atoms with E-state index in [2.05, 4.69) is 10.0 Å². The fraction of sp³-hybridized carbons (Fsp3) is 0.278. The van der Waals surface area contributed by atoms with Crippen molar-refractivity contribution in [1.29, 1.82) is 0 Å². The number of amides is 1. The highest BCUT2D eigenvalue weighted by molar-refractivity contribution is 7.89. The maximum absolute atomic E-state index is 13.6. The molecule has 0 unspecified atom stereocenters. The average Bonchev–Trinajstić information content (AvgIpc) is 2.54. The van der Waals surface area contributed by atoms with Crippen LogP contribution in [0.4, 0.5) is 10.1 Å². The van der Waals surface area contributed by atoms with Crippen LogP contribution in [-0.2, 0) is 14.8 Å². The topological polar surface area (TPSA) is 84.5 Å². The summed E-state index contributed by atoms with van der Waals surface area (Å²) < 4.78 is 45.4. The van der Waals surface area contributed by atoms with Crippen LogP contribution in [0.1, 0.15) is 17.5 Å². The van der Waals surface area contributed by atoms with Gasteiger partial charge in [-0.2, -0.15) is 0 Å². The lowest BCUT2D eigenvalue weighted by Gasteiger charge is -2.10. The van der Waals surface area contributed by atoms with Crippen molar-refractivity contribution in [2.45, 2.75) is 25.2 Å². The van der Waals surface area contributed by atoms with Gasteiger partial charge < -0.3 is 10.1 Å². The summed E-state index contributed by atoms with van der Waals surface area (Å²) >= 11 is 0. The summed E-state index contributed by atoms with van der Waals surface area (Å²) in [5.74, 6) is -0.956. The lowest BCUT2D eigenvalue weighted by Crippen LogP contribution is -2.28. The monoisotopic (exact) mass is 380 g/mol. The van der Waals surface area contributed by atoms with Gasteiger partial charge in [-0.3, -0.25) is 4.79 Å². The molecule has 1 amide bonds. The molecule has 0 aliphatic heterocycles. The van der Waals surface area contributed by atoms with Crippen LogP contribution < -0.4 is 14.8 Å². The number of methoxy groups -OCH3 is 1. The van der Waals surface area contributed by atoms with Crippen molar-refractivity contribution >= 4 is 21.6 Å². The molecule has 2 aromatic carbocycles. The quantitative estimate of drug-likeness (QED) is 0.774. The number of carbonyl (C=O) groups excluding carboxylic acids is 1. The van der Waals surface area contributed by atoms with Crippen molar-refractivity contribution < 1.29 is 22.3 Å². The second kappa shape index (κ2) is 8.29. The molecule has 0 spiro atoms. The Labute approximate surface area is 152 Å². The molecule has 0 aliphatic rings. The molecular formula is C18H21FN2O4S. The third kappa shape index (κ3) is 5.03. The highest BCUT2D eigenvalue weighted by Gasteiger charge is 2.17. The molecule has 2 rings (SSSR count). The van der Waals surface area contributed by atoms with Gasteiger partial charge in [-0.05, 0) is 37.6 Å². The predicted molar refractivity (Wildman–Crippen MR) is 97.3 cm³/mol. The van der Waals surface area contributed by atoms with Gasteiger partial charge in [0.2, 0.25) is 15.9 Å². The first-order chi connectivity index (χ1) is 12.2. The Bertz CT molecular complexity index is 913. The summed E-state index contributed by atoms with van der Waals surface area (Å²) in [6, 6.07) is 9.06. The number of hydrogen-bond acceptors (Lipinski definition) is 4. The molecule has 0 radical (unpaired) electrons. The molecule has 0 saturated heterocycles. The van der Waals surface area contributed by atoms with Crippen molar-refractivity contribution in [2.75, 3.05) is 19.0 Å². The van der Waals surface area contributed by atoms with E-state index in [1.807, 2.05) is 6.92 Å². The highest BCUT2D eigenvalue weighted by atomic mass is 32.2. The third-order valence-corrected chi connectivity index (χ3v) is 5.32. The van der Waals surface area contributed by atoms with E-state index >= 15 is 0 Å². The Morgan fingerprint density at radius 3 is 2.50 bits per heavy atom. The minimum absolute atomic E-state index is 0.0693. The molecule has 2 N–H and O–H groups in total. The molecule has 140 valence electrons. The minimum atomic E-state index is -3.70. The first-order valence-electron chi connectivity index (χ1n) is 7.93. The number of carbonyl (C=O) groups is 1. The molecule has 26 heavy (non-hydrogen) atoms. The number of ether oxygens (including phenoxy) is 1. The fourth-order valence-electron chi connectivity index (χ4n) is 2.45. The van der Waals surface area contributed by atoms with Crippen molar-refractivity contribution in [3.05, 3.63) is 53.3 Å². The van der Waals surface area contributed by atoms with Gasteiger partial charge in [0.15, 0.2) is 11.6 Å². The molecule has 0 aliphatic carbocycles. The summed E-state index contributed by atoms with van der Waals surface area (Å²) in [6.45, 7) is 3.52. The normalized spacial score (nSPS) is 11.2. The van der Waals surface area contributed by atoms with Gasteiger partial charge in [0.1, 0.15) is 0 Å². The lowest BCUT2D eigenvalue weighted by molar-refractivity contribution is -0.116. The first-order valence-corrected chi connectivity index (χ1v) is 9.41. The van der Waals surface area contributed by atoms with Crippen molar-refractivity contribution in [2.24, 2.45) is 0 Å². The summed E-state index contributed by atoms with van der Waals surface area (Å²) in [5, 5.41) is 2.51. The first kappa shape index (κ1) is 19.9. The van der Waals surface area contributed by atoms with Crippen LogP contribution in [0.15, 0.2) is 41.3 Å². The van der Waals surface area contributed by atoms with E-state index in [0.717, 1.165) is 11.6 Å². The molecule has 6 nitrogen and oxygen atoms in total. The van der Waals surface area contributed by atoms with E-state index in [-0.39, 0.29) is 29.3 Å². The Kier molecular flexibility index (Phi) is 6.33. The van der Waals surface area contributed by atoms with Crippen molar-refractivity contribution in [1.82, 2.24) is 4.72 Å². The van der Waals surface area contributed by atoms with E-state index in [1.165, 1.54) is 25.3 Å². The Hall–Kier alpha value is -2.45. The van der Waals surface area contributed by atoms with Crippen LogP contribution in [0.3, 0.4) is 0 Å². The lowest BCUT2D eigenvalue weighted by atomic mass is 10.2. The van der Waals surface area contributed by atoms with Gasteiger partial charge in [0.25, 0.3) is 0 Å². The molecule has 0 heterocycles. The number of aryl methyl sites for hydroxylation is 2. The average molecular weight is 380 g/mol. The Morgan fingerprint density at radius 2 is 1.88 bits per heavy atom. The number of nitrogens with one attached hydrogen (secondary N) is 2. The fourth-order valence-corrected chi connectivity index (χ4v) is 3.70. The SMILES string of the molecule is COc1ccc(NC(=O)CCNS(=O)(=O)c2ccc(C)cc2C)cc1F. The second-order valence-corrected chi connectivity index (χ2v) is 7.55. The zero-order valence-electron chi connectivity index (χ0n) is 14.8. The van der Waals surface area contributed by atoms with Gasteiger partial charge in [-0.25, -0.2) is 17.5 Å². The van der Waals surface area contributed by atoms with Crippen molar-refractivity contribution in [3.63, 3.8) is 0 Å². The van der Waals surface area contributed by atoms with Crippen LogP contribution in [0.25, 0.3) is 0 Å². The van der Waals surface area contributed by atoms with E-state index in [4.69, 9.17) is 4.74 Å². The highest BCUT2D eigenvalue weighted by Crippen LogP contribution is 2.20. The minimum Gasteiger partial charge on any atom is -0.494 e. The van der Waals surface area contributed by atoms with Crippen LogP contribution in [-0.4, -0.2) is 28.0 Å². The predicted octanol–water partition coefficient (Wildman–Crippen LogP) is 2.76. The van der Waals surface area contributed by atoms with E-state index in [9.17, 15) is 17.6 Å². The second-order valence-electron chi connectivity index (χ2n) is 5.81. The molecule has 0 fully saturated rings. The maximum atomic E-state index is 13.6. The van der Waals surface area contributed by atoms with Gasteiger partial charge in [-0.15, -0.1) is 0 Å². The smallest absolute Gasteiger partial charge is 0.240 e. The number of sulfonamides is 1. The molecule has 0 atom stereocenters. The number of hydrogen-bond donors (Lipinski definition) is 2. The number of halogens is 1. The van der Waals surface area contributed by atoms with E-state index in [1.54, 1.807) is 19.1 Å². The Balaban J connectivity index is 1.92. The molecule has 8 heteroatoms. The van der Waals surface area contributed by atoms with Gasteiger partial charge >= 0.3 is 0 Å². The number of anilines is 1. The summed E-state index contributed by atoms with van der Waals surface area (Å²) in [6.07, 6.45) is -0.0855. The molecule has 0 aromatic heterocycles. The molecule has 0 bridgehead atoms. The van der Waals surface area contributed by atoms with Crippen LogP contribution in [0, 0.1) is 19.7 Å². The van der Waals surface area contributed by atoms with Crippen molar-refractivity contribution in [3.8, 4) is 5.75 Å². The van der Waals surface area contributed by atoms with Crippen LogP contribution >= 0.6 is 0 Å². The van der Waals surface area contributed by atoms with E-state index in [0.29, 0.717) is 5.56 Å². The van der Waals surface area contributed by atoms with Crippen LogP contribution in [0.2, 0.25) is 0 Å². The van der Waals surface area contributed by atoms with Gasteiger partial charge in [0, 0.05) is 24.7 Å². The summed E-state index contributed by atoms with van der Waals surface area (Å²) in [4.78, 5) is 12.1. The van der Waals surface area contributed by atoms with Gasteiger partial charge in [-0.1, -0.05) is 17.7 Å². The summed E-state index contributed by atoms with van der Waals surface area (Å²) in [7, 11) is -2.35. The zero-order chi connectivity index (χ0) is 19.3. The molecule has 0 saturated carbocycles. The third-order valence-electron chi connectivity index (χ3n) is 3.70. The number of benzene rings is 2. The van der Waals surface area contributed by atoms with E-state index < -0.39 is 21.7 Å². The van der Waals surface area contributed by atoms with Crippen LogP contribution in [0.5, 0.6) is 5.75 Å². The largest absolute Gasteiger partial charge is 0.494 e. The summed E-state index contributed by atoms with van der Waals surface area (Å²) in [5.41, 5.74) is 1.87. The molecular weight excluding hydrogens is 359 g/mol. The number of rotatable bonds is 7. The standard InChI is InChI=1S/C18H21FN2O4S/c1-12-4-7-17(13(2)10-12)26(23,24)20-9-8-18(22)21-14-5-6-16(25-3)15(19)11-14/h4-7,10-11,20H,8-9H2,1-3H3,(H,21,22). The molecule has 2 aromatic rings.